The van der Waals surface area contributed by atoms with Gasteiger partial charge < -0.3 is 9.64 Å². The number of amides is 1. The van der Waals surface area contributed by atoms with Crippen LogP contribution in [0.5, 0.6) is 0 Å². The quantitative estimate of drug-likeness (QED) is 0.472. The Morgan fingerprint density at radius 1 is 1.23 bits per heavy atom. The molecule has 0 N–H and O–H groups in total. The van der Waals surface area contributed by atoms with Crippen LogP contribution in [-0.2, 0) is 14.9 Å². The molecule has 2 aromatic carbocycles. The number of ether oxygens (including phenoxy) is 1. The maximum Gasteiger partial charge on any atom is 0.269 e. The number of carbonyl (C=O) groups is 1. The van der Waals surface area contributed by atoms with E-state index in [0.717, 1.165) is 22.4 Å². The van der Waals surface area contributed by atoms with Crippen LogP contribution in [0.1, 0.15) is 23.7 Å². The Kier molecular flexibility index (Phi) is 3.66. The highest BCUT2D eigenvalue weighted by Gasteiger charge is 2.57. The molecule has 132 valence electrons. The highest BCUT2D eigenvalue weighted by molar-refractivity contribution is 6.08. The van der Waals surface area contributed by atoms with Gasteiger partial charge in [0, 0.05) is 24.9 Å². The van der Waals surface area contributed by atoms with E-state index in [9.17, 15) is 14.9 Å². The molecule has 2 aliphatic rings. The van der Waals surface area contributed by atoms with Gasteiger partial charge in [-0.25, -0.2) is 0 Å². The van der Waals surface area contributed by atoms with Crippen molar-refractivity contribution in [1.29, 1.82) is 0 Å². The zero-order valence-corrected chi connectivity index (χ0v) is 14.3. The van der Waals surface area contributed by atoms with Crippen LogP contribution in [0.2, 0.25) is 0 Å². The van der Waals surface area contributed by atoms with Crippen molar-refractivity contribution in [3.63, 3.8) is 0 Å². The Balaban J connectivity index is 1.88. The predicted molar refractivity (Wildman–Crippen MR) is 97.1 cm³/mol. The molecule has 0 bridgehead atoms. The van der Waals surface area contributed by atoms with Crippen LogP contribution in [-0.4, -0.2) is 24.5 Å². The SMILES string of the molecule is C=C1CO[C@@H](c2ccc([N+](=O)[O-])cc2)[C@@]2(C1)C(=O)N(C)c1ccccc12. The molecule has 1 spiro atoms. The largest absolute Gasteiger partial charge is 0.368 e. The summed E-state index contributed by atoms with van der Waals surface area (Å²) >= 11 is 0. The summed E-state index contributed by atoms with van der Waals surface area (Å²) in [5.74, 6) is -0.0390. The molecule has 6 nitrogen and oxygen atoms in total. The summed E-state index contributed by atoms with van der Waals surface area (Å²) in [5.41, 5.74) is 2.51. The first kappa shape index (κ1) is 16.5. The Hall–Kier alpha value is -2.99. The average Bonchev–Trinajstić information content (AvgIpc) is 2.85. The van der Waals surface area contributed by atoms with Crippen molar-refractivity contribution in [3.05, 3.63) is 81.9 Å². The Bertz CT molecular complexity index is 922. The van der Waals surface area contributed by atoms with E-state index in [1.54, 1.807) is 24.1 Å². The lowest BCUT2D eigenvalue weighted by atomic mass is 9.68. The minimum absolute atomic E-state index is 0.0123. The first-order valence-electron chi connectivity index (χ1n) is 8.35. The molecule has 2 aromatic rings. The molecular formula is C20H18N2O4. The van der Waals surface area contributed by atoms with Gasteiger partial charge in [0.05, 0.1) is 11.5 Å². The van der Waals surface area contributed by atoms with Crippen molar-refractivity contribution >= 4 is 17.3 Å². The number of anilines is 1. The Labute approximate surface area is 150 Å². The summed E-state index contributed by atoms with van der Waals surface area (Å²) in [7, 11) is 1.76. The van der Waals surface area contributed by atoms with Crippen molar-refractivity contribution in [2.75, 3.05) is 18.6 Å². The maximum absolute atomic E-state index is 13.3. The van der Waals surface area contributed by atoms with E-state index in [0.29, 0.717) is 13.0 Å². The van der Waals surface area contributed by atoms with E-state index < -0.39 is 16.4 Å². The van der Waals surface area contributed by atoms with Crippen molar-refractivity contribution in [3.8, 4) is 0 Å². The third-order valence-electron chi connectivity index (χ3n) is 5.27. The number of para-hydroxylation sites is 1. The number of non-ortho nitro benzene ring substituents is 1. The summed E-state index contributed by atoms with van der Waals surface area (Å²) < 4.78 is 6.07. The molecular weight excluding hydrogens is 332 g/mol. The first-order valence-corrected chi connectivity index (χ1v) is 8.35. The monoisotopic (exact) mass is 350 g/mol. The second-order valence-corrected chi connectivity index (χ2v) is 6.82. The summed E-state index contributed by atoms with van der Waals surface area (Å²) in [6.07, 6.45) is -0.0260. The van der Waals surface area contributed by atoms with Gasteiger partial charge in [-0.1, -0.05) is 30.4 Å². The number of nitro benzene ring substituents is 1. The lowest BCUT2D eigenvalue weighted by molar-refractivity contribution is -0.384. The number of hydrogen-bond donors (Lipinski definition) is 0. The molecule has 2 aliphatic heterocycles. The molecule has 1 saturated heterocycles. The Morgan fingerprint density at radius 3 is 2.62 bits per heavy atom. The molecule has 6 heteroatoms. The normalized spacial score (nSPS) is 24.8. The van der Waals surface area contributed by atoms with Crippen molar-refractivity contribution in [2.24, 2.45) is 0 Å². The van der Waals surface area contributed by atoms with Crippen molar-refractivity contribution in [1.82, 2.24) is 0 Å². The number of likely N-dealkylation sites (N-methyl/N-ethyl adjacent to an activating group) is 1. The molecule has 0 aromatic heterocycles. The van der Waals surface area contributed by atoms with Crippen LogP contribution in [0.25, 0.3) is 0 Å². The first-order chi connectivity index (χ1) is 12.4. The third-order valence-corrected chi connectivity index (χ3v) is 5.27. The number of nitro groups is 1. The highest BCUT2D eigenvalue weighted by Crippen LogP contribution is 2.55. The third kappa shape index (κ3) is 2.19. The van der Waals surface area contributed by atoms with E-state index in [4.69, 9.17) is 4.74 Å². The molecule has 26 heavy (non-hydrogen) atoms. The molecule has 0 saturated carbocycles. The minimum atomic E-state index is -0.892. The summed E-state index contributed by atoms with van der Waals surface area (Å²) in [6, 6.07) is 13.9. The number of fused-ring (bicyclic) bond motifs is 2. The van der Waals surface area contributed by atoms with E-state index in [2.05, 4.69) is 6.58 Å². The smallest absolute Gasteiger partial charge is 0.269 e. The van der Waals surface area contributed by atoms with Gasteiger partial charge in [-0.05, 0) is 35.7 Å². The van der Waals surface area contributed by atoms with E-state index in [1.807, 2.05) is 24.3 Å². The number of carbonyl (C=O) groups excluding carboxylic acids is 1. The average molecular weight is 350 g/mol. The van der Waals surface area contributed by atoms with Gasteiger partial charge in [0.15, 0.2) is 0 Å². The van der Waals surface area contributed by atoms with Gasteiger partial charge in [-0.2, -0.15) is 0 Å². The molecule has 1 amide bonds. The fraction of sp³-hybridized carbons (Fsp3) is 0.250. The molecule has 4 rings (SSSR count). The molecule has 1 fully saturated rings. The van der Waals surface area contributed by atoms with E-state index in [1.165, 1.54) is 12.1 Å². The van der Waals surface area contributed by atoms with Crippen molar-refractivity contribution < 1.29 is 14.5 Å². The van der Waals surface area contributed by atoms with Crippen LogP contribution >= 0.6 is 0 Å². The van der Waals surface area contributed by atoms with Crippen LogP contribution in [0.3, 0.4) is 0 Å². The van der Waals surface area contributed by atoms with Crippen LogP contribution in [0.15, 0.2) is 60.7 Å². The summed E-state index contributed by atoms with van der Waals surface area (Å²) in [6.45, 7) is 4.41. The van der Waals surface area contributed by atoms with Gasteiger partial charge in [0.2, 0.25) is 5.91 Å². The number of nitrogens with zero attached hydrogens (tertiary/aromatic N) is 2. The lowest BCUT2D eigenvalue weighted by Gasteiger charge is -2.41. The maximum atomic E-state index is 13.3. The Morgan fingerprint density at radius 2 is 1.92 bits per heavy atom. The van der Waals surface area contributed by atoms with Gasteiger partial charge in [0.25, 0.3) is 5.69 Å². The topological polar surface area (TPSA) is 72.7 Å². The molecule has 0 aliphatic carbocycles. The number of hydrogen-bond acceptors (Lipinski definition) is 4. The molecule has 0 radical (unpaired) electrons. The lowest BCUT2D eigenvalue weighted by Crippen LogP contribution is -2.47. The second-order valence-electron chi connectivity index (χ2n) is 6.82. The zero-order valence-electron chi connectivity index (χ0n) is 14.3. The fourth-order valence-corrected chi connectivity index (χ4v) is 4.12. The second kappa shape index (κ2) is 5.78. The number of rotatable bonds is 2. The number of benzene rings is 2. The highest BCUT2D eigenvalue weighted by atomic mass is 16.6. The van der Waals surface area contributed by atoms with E-state index >= 15 is 0 Å². The zero-order chi connectivity index (χ0) is 18.5. The fourth-order valence-electron chi connectivity index (χ4n) is 4.12. The molecule has 2 heterocycles. The van der Waals surface area contributed by atoms with Crippen LogP contribution < -0.4 is 4.90 Å². The summed E-state index contributed by atoms with van der Waals surface area (Å²) in [4.78, 5) is 25.5. The van der Waals surface area contributed by atoms with Crippen LogP contribution in [0.4, 0.5) is 11.4 Å². The van der Waals surface area contributed by atoms with Gasteiger partial charge in [0.1, 0.15) is 11.5 Å². The van der Waals surface area contributed by atoms with Crippen molar-refractivity contribution in [2.45, 2.75) is 17.9 Å². The van der Waals surface area contributed by atoms with Gasteiger partial charge in [-0.3, -0.25) is 14.9 Å². The van der Waals surface area contributed by atoms with Gasteiger partial charge >= 0.3 is 0 Å². The molecule has 2 atom stereocenters. The predicted octanol–water partition coefficient (Wildman–Crippen LogP) is 3.53. The van der Waals surface area contributed by atoms with Gasteiger partial charge in [-0.15, -0.1) is 0 Å². The van der Waals surface area contributed by atoms with Crippen LogP contribution in [0, 0.1) is 10.1 Å². The minimum Gasteiger partial charge on any atom is -0.368 e. The molecule has 0 unspecified atom stereocenters. The van der Waals surface area contributed by atoms with E-state index in [-0.39, 0.29) is 11.6 Å². The summed E-state index contributed by atoms with van der Waals surface area (Å²) in [5, 5.41) is 10.9. The standard InChI is InChI=1S/C20H18N2O4/c1-13-11-20(16-5-3-4-6-17(16)21(2)19(20)23)18(26-12-13)14-7-9-15(10-8-14)22(24)25/h3-10,18H,1,11-12H2,2H3/t18-,20-/m0/s1.